The smallest absolute Gasteiger partial charge is 0.245 e. The zero-order valence-electron chi connectivity index (χ0n) is 41.5. The Balaban J connectivity index is 1.65. The van der Waals surface area contributed by atoms with Crippen molar-refractivity contribution in [3.05, 3.63) is 47.5 Å². The molecule has 0 radical (unpaired) electrons. The second kappa shape index (κ2) is 29.4. The number of Topliss-reactive ketones (excluding diaryl/α,β-unsaturated/α-hetero) is 3. The van der Waals surface area contributed by atoms with E-state index < -0.39 is 96.7 Å². The van der Waals surface area contributed by atoms with Crippen LogP contribution in [-0.2, 0) is 44.8 Å². The maximum Gasteiger partial charge on any atom is 0.245 e. The van der Waals surface area contributed by atoms with E-state index in [1.165, 1.54) is 127 Å². The van der Waals surface area contributed by atoms with E-state index in [1.807, 2.05) is 0 Å². The Labute approximate surface area is 407 Å². The molecule has 3 unspecified atom stereocenters. The van der Waals surface area contributed by atoms with Crippen LogP contribution in [0.15, 0.2) is 36.4 Å². The summed E-state index contributed by atoms with van der Waals surface area (Å²) in [5.41, 5.74) is 0.894. The zero-order chi connectivity index (χ0) is 51.2. The zero-order valence-corrected chi connectivity index (χ0v) is 41.5. The molecule has 2 aromatic rings. The van der Waals surface area contributed by atoms with Gasteiger partial charge in [-0.3, -0.25) is 38.4 Å². The number of amides is 5. The molecule has 3 rings (SSSR count). The third kappa shape index (κ3) is 18.3. The summed E-state index contributed by atoms with van der Waals surface area (Å²) in [7, 11) is 2.79. The number of fused-ring (bicyclic) bond motifs is 5. The molecule has 0 saturated heterocycles. The maximum atomic E-state index is 14.2. The first-order valence-corrected chi connectivity index (χ1v) is 24.7. The van der Waals surface area contributed by atoms with Crippen LogP contribution in [0.2, 0.25) is 0 Å². The number of rotatable bonds is 27. The van der Waals surface area contributed by atoms with Crippen molar-refractivity contribution in [2.24, 2.45) is 5.92 Å². The van der Waals surface area contributed by atoms with E-state index in [9.17, 15) is 58.8 Å². The predicted molar refractivity (Wildman–Crippen MR) is 261 cm³/mol. The van der Waals surface area contributed by atoms with Crippen LogP contribution >= 0.6 is 0 Å². The van der Waals surface area contributed by atoms with Crippen molar-refractivity contribution in [1.29, 1.82) is 0 Å². The van der Waals surface area contributed by atoms with Gasteiger partial charge in [0.1, 0.15) is 35.7 Å². The van der Waals surface area contributed by atoms with Gasteiger partial charge in [0.2, 0.25) is 29.5 Å². The van der Waals surface area contributed by atoms with E-state index in [-0.39, 0.29) is 59.8 Å². The molecule has 1 aliphatic heterocycles. The molecule has 1 aliphatic rings. The summed E-state index contributed by atoms with van der Waals surface area (Å²) in [6, 6.07) is 3.58. The number of phenols is 2. The first-order valence-electron chi connectivity index (χ1n) is 24.7. The summed E-state index contributed by atoms with van der Waals surface area (Å²) < 4.78 is 0. The first kappa shape index (κ1) is 57.6. The van der Waals surface area contributed by atoms with Gasteiger partial charge in [-0.2, -0.15) is 0 Å². The lowest BCUT2D eigenvalue weighted by atomic mass is 9.89. The van der Waals surface area contributed by atoms with Gasteiger partial charge in [0.05, 0.1) is 19.2 Å². The molecular weight excluding hydrogens is 887 g/mol. The molecule has 382 valence electrons. The van der Waals surface area contributed by atoms with Gasteiger partial charge >= 0.3 is 0 Å². The Morgan fingerprint density at radius 1 is 0.768 bits per heavy atom. The van der Waals surface area contributed by atoms with Gasteiger partial charge in [-0.15, -0.1) is 0 Å². The minimum Gasteiger partial charge on any atom is -0.507 e. The number of unbranched alkanes of at least 4 members (excludes halogenated alkanes) is 12. The number of aliphatic hydroxyl groups is 2. The molecule has 2 aromatic carbocycles. The van der Waals surface area contributed by atoms with Crippen LogP contribution in [0.25, 0.3) is 11.1 Å². The molecule has 0 spiro atoms. The number of carbonyl (C=O) groups is 8. The van der Waals surface area contributed by atoms with Crippen molar-refractivity contribution in [3.8, 4) is 22.6 Å². The number of carbonyl (C=O) groups excluding carboxylic acids is 8. The van der Waals surface area contributed by atoms with E-state index in [4.69, 9.17) is 0 Å². The van der Waals surface area contributed by atoms with Crippen LogP contribution < -0.4 is 16.0 Å². The van der Waals surface area contributed by atoms with Crippen LogP contribution in [0.5, 0.6) is 11.5 Å². The Kier molecular flexibility index (Phi) is 24.5. The SMILES string of the molecule is CCCCCCCCCCCCCCCC(=O)N(C)C(CO)C(=O)N[C@H](C)C(=O)CCC(=O)N(C)[C@@H]1C(=O)C[C@@H](C)C(=O)NC(C(=O)NCC(O)C(C)=O)Cc2ccc(O)c(c2)-c2cc1ccc2O. The Bertz CT molecular complexity index is 2080. The fourth-order valence-corrected chi connectivity index (χ4v) is 8.40. The number of hydrogen-bond donors (Lipinski definition) is 7. The molecule has 0 aromatic heterocycles. The summed E-state index contributed by atoms with van der Waals surface area (Å²) in [5, 5.41) is 49.7. The molecule has 0 fully saturated rings. The summed E-state index contributed by atoms with van der Waals surface area (Å²) >= 11 is 0. The number of likely N-dealkylation sites (N-methyl/N-ethyl adjacent to an activating group) is 2. The molecule has 5 amide bonds. The number of nitrogens with one attached hydrogen (secondary N) is 3. The molecule has 4 bridgehead atoms. The minimum atomic E-state index is -1.48. The third-order valence-electron chi connectivity index (χ3n) is 13.0. The van der Waals surface area contributed by atoms with Crippen LogP contribution in [0.3, 0.4) is 0 Å². The second-order valence-electron chi connectivity index (χ2n) is 18.6. The molecule has 0 saturated carbocycles. The molecule has 17 heteroatoms. The molecule has 0 aliphatic carbocycles. The summed E-state index contributed by atoms with van der Waals surface area (Å²) in [6.45, 7) is 5.19. The maximum absolute atomic E-state index is 14.2. The molecular formula is C52H77N5O12. The topological polar surface area (TPSA) is 260 Å². The number of phenolic OH excluding ortho intramolecular Hbond substituents is 2. The standard InChI is InChI=1S/C52H77N5O12/c1-7-8-9-10-11-12-13-14-15-16-17-18-19-20-47(65)56(5)41(32-58)52(69)54-34(3)42(60)25-26-48(66)57(6)49-37-22-24-44(62)39(30-37)38-28-36(21-23-43(38)61)29-40(51(68)53-31-46(64)35(4)59)55-50(67)33(2)27-45(49)63/h21-24,28,30,33-34,40-41,46,49,58,61-62,64H,7-20,25-27,29,31-32H2,1-6H3,(H,53,68)(H,54,69)(H,55,67)/t33-,34-,40?,41?,46?,49+/m1/s1. The lowest BCUT2D eigenvalue weighted by Crippen LogP contribution is -2.53. The van der Waals surface area contributed by atoms with Crippen LogP contribution in [0.1, 0.15) is 154 Å². The average molecular weight is 964 g/mol. The quantitative estimate of drug-likeness (QED) is 0.0576. The van der Waals surface area contributed by atoms with Gasteiger partial charge in [-0.05, 0) is 55.7 Å². The van der Waals surface area contributed by atoms with Crippen molar-refractivity contribution in [2.45, 2.75) is 174 Å². The normalized spacial score (nSPS) is 17.4. The third-order valence-corrected chi connectivity index (χ3v) is 13.0. The van der Waals surface area contributed by atoms with Gasteiger partial charge in [0.15, 0.2) is 17.3 Å². The Hall–Kier alpha value is -5.68. The number of hydrogen-bond acceptors (Lipinski definition) is 12. The van der Waals surface area contributed by atoms with Gasteiger partial charge in [0.25, 0.3) is 0 Å². The number of benzene rings is 2. The van der Waals surface area contributed by atoms with Crippen molar-refractivity contribution >= 4 is 46.9 Å². The van der Waals surface area contributed by atoms with Gasteiger partial charge < -0.3 is 46.2 Å². The van der Waals surface area contributed by atoms with Crippen molar-refractivity contribution < 1.29 is 58.8 Å². The van der Waals surface area contributed by atoms with Gasteiger partial charge in [-0.25, -0.2) is 0 Å². The van der Waals surface area contributed by atoms with Crippen molar-refractivity contribution in [2.75, 3.05) is 27.2 Å². The van der Waals surface area contributed by atoms with Gasteiger partial charge in [-0.1, -0.05) is 103 Å². The van der Waals surface area contributed by atoms with E-state index >= 15 is 0 Å². The van der Waals surface area contributed by atoms with Gasteiger partial charge in [0, 0.05) is 63.2 Å². The van der Waals surface area contributed by atoms with Crippen LogP contribution in [0.4, 0.5) is 0 Å². The summed E-state index contributed by atoms with van der Waals surface area (Å²) in [4.78, 5) is 108. The number of nitrogens with zero attached hydrogens (tertiary/aromatic N) is 2. The largest absolute Gasteiger partial charge is 0.507 e. The Morgan fingerprint density at radius 3 is 1.91 bits per heavy atom. The fourth-order valence-electron chi connectivity index (χ4n) is 8.40. The highest BCUT2D eigenvalue weighted by molar-refractivity contribution is 5.97. The second-order valence-corrected chi connectivity index (χ2v) is 18.6. The Morgan fingerprint density at radius 2 is 1.33 bits per heavy atom. The monoisotopic (exact) mass is 964 g/mol. The fraction of sp³-hybridized carbons (Fsp3) is 0.615. The first-order chi connectivity index (χ1) is 32.8. The lowest BCUT2D eigenvalue weighted by Gasteiger charge is -2.30. The van der Waals surface area contributed by atoms with E-state index in [2.05, 4.69) is 22.9 Å². The lowest BCUT2D eigenvalue weighted by molar-refractivity contribution is -0.142. The van der Waals surface area contributed by atoms with E-state index in [0.717, 1.165) is 31.1 Å². The highest BCUT2D eigenvalue weighted by atomic mass is 16.3. The van der Waals surface area contributed by atoms with Crippen molar-refractivity contribution in [1.82, 2.24) is 25.8 Å². The number of ketones is 3. The minimum absolute atomic E-state index is 0.0954. The highest BCUT2D eigenvalue weighted by Crippen LogP contribution is 2.39. The molecule has 6 atom stereocenters. The molecule has 69 heavy (non-hydrogen) atoms. The summed E-state index contributed by atoms with van der Waals surface area (Å²) in [5.74, 6) is -6.35. The molecule has 17 nitrogen and oxygen atoms in total. The predicted octanol–water partition coefficient (Wildman–Crippen LogP) is 5.12. The number of aliphatic hydroxyl groups excluding tert-OH is 2. The van der Waals surface area contributed by atoms with Crippen molar-refractivity contribution in [3.63, 3.8) is 0 Å². The average Bonchev–Trinajstić information content (AvgIpc) is 3.31. The van der Waals surface area contributed by atoms with E-state index in [1.54, 1.807) is 0 Å². The van der Waals surface area contributed by atoms with E-state index in [0.29, 0.717) is 12.0 Å². The number of aromatic hydroxyl groups is 2. The van der Waals surface area contributed by atoms with Crippen LogP contribution in [0, 0.1) is 5.92 Å². The molecule has 7 N–H and O–H groups in total. The van der Waals surface area contributed by atoms with Crippen LogP contribution in [-0.4, -0.2) is 129 Å². The summed E-state index contributed by atoms with van der Waals surface area (Å²) in [6.07, 6.45) is 12.6. The highest BCUT2D eigenvalue weighted by Gasteiger charge is 2.34. The molecule has 1 heterocycles.